The molecule has 1 aromatic rings. The van der Waals surface area contributed by atoms with Gasteiger partial charge < -0.3 is 15.0 Å². The molecule has 1 fully saturated rings. The second kappa shape index (κ2) is 7.60. The van der Waals surface area contributed by atoms with Crippen LogP contribution in [0.1, 0.15) is 32.3 Å². The molecule has 1 aromatic heterocycles. The van der Waals surface area contributed by atoms with Crippen molar-refractivity contribution >= 4 is 5.82 Å². The highest BCUT2D eigenvalue weighted by Crippen LogP contribution is 2.19. The van der Waals surface area contributed by atoms with E-state index in [0.717, 1.165) is 38.5 Å². The molecule has 20 heavy (non-hydrogen) atoms. The summed E-state index contributed by atoms with van der Waals surface area (Å²) in [7, 11) is 2.11. The molecule has 1 aliphatic rings. The Hall–Kier alpha value is -1.13. The van der Waals surface area contributed by atoms with Crippen LogP contribution in [0.4, 0.5) is 5.82 Å². The Morgan fingerprint density at radius 2 is 2.35 bits per heavy atom. The number of nitrogens with one attached hydrogen (secondary N) is 1. The molecule has 0 saturated carbocycles. The van der Waals surface area contributed by atoms with Gasteiger partial charge in [-0.05, 0) is 31.4 Å². The number of likely N-dealkylation sites (N-methyl/N-ethyl adjacent to an activating group) is 1. The van der Waals surface area contributed by atoms with Gasteiger partial charge >= 0.3 is 0 Å². The van der Waals surface area contributed by atoms with E-state index < -0.39 is 0 Å². The topological polar surface area (TPSA) is 37.4 Å². The molecular weight excluding hydrogens is 250 g/mol. The Kier molecular flexibility index (Phi) is 5.80. The summed E-state index contributed by atoms with van der Waals surface area (Å²) in [5.74, 6) is 1.74. The van der Waals surface area contributed by atoms with Crippen LogP contribution in [0.15, 0.2) is 18.3 Å². The van der Waals surface area contributed by atoms with Crippen LogP contribution < -0.4 is 10.2 Å². The van der Waals surface area contributed by atoms with Gasteiger partial charge in [-0.15, -0.1) is 0 Å². The molecule has 0 spiro atoms. The van der Waals surface area contributed by atoms with E-state index in [9.17, 15) is 0 Å². The minimum atomic E-state index is 0.360. The van der Waals surface area contributed by atoms with Crippen molar-refractivity contribution < 1.29 is 4.74 Å². The zero-order valence-electron chi connectivity index (χ0n) is 12.9. The fraction of sp³-hybridized carbons (Fsp3) is 0.688. The van der Waals surface area contributed by atoms with E-state index in [-0.39, 0.29) is 0 Å². The summed E-state index contributed by atoms with van der Waals surface area (Å²) in [5, 5.41) is 3.49. The maximum absolute atomic E-state index is 5.71. The zero-order chi connectivity index (χ0) is 14.4. The molecule has 112 valence electrons. The van der Waals surface area contributed by atoms with Crippen molar-refractivity contribution in [1.82, 2.24) is 10.3 Å². The first-order valence-corrected chi connectivity index (χ1v) is 7.64. The van der Waals surface area contributed by atoms with Gasteiger partial charge in [-0.25, -0.2) is 4.98 Å². The lowest BCUT2D eigenvalue weighted by molar-refractivity contribution is 0.116. The Balaban J connectivity index is 1.94. The van der Waals surface area contributed by atoms with Gasteiger partial charge in [0.25, 0.3) is 0 Å². The fourth-order valence-electron chi connectivity index (χ4n) is 2.59. The maximum atomic E-state index is 5.71. The molecule has 2 heterocycles. The van der Waals surface area contributed by atoms with E-state index in [2.05, 4.69) is 42.2 Å². The SMILES string of the molecule is CC(C)CNCc1cccnc1N(C)CC1CCCO1. The highest BCUT2D eigenvalue weighted by atomic mass is 16.5. The number of hydrogen-bond acceptors (Lipinski definition) is 4. The van der Waals surface area contributed by atoms with Crippen LogP contribution in [0.5, 0.6) is 0 Å². The molecule has 0 aromatic carbocycles. The molecule has 0 aliphatic carbocycles. The fourth-order valence-corrected chi connectivity index (χ4v) is 2.59. The van der Waals surface area contributed by atoms with Crippen LogP contribution in [0.3, 0.4) is 0 Å². The van der Waals surface area contributed by atoms with Crippen molar-refractivity contribution in [2.45, 2.75) is 39.3 Å². The van der Waals surface area contributed by atoms with Crippen LogP contribution in [0, 0.1) is 5.92 Å². The van der Waals surface area contributed by atoms with Crippen molar-refractivity contribution in [2.24, 2.45) is 5.92 Å². The first-order valence-electron chi connectivity index (χ1n) is 7.64. The Morgan fingerprint density at radius 1 is 1.50 bits per heavy atom. The van der Waals surface area contributed by atoms with Crippen LogP contribution in [0.2, 0.25) is 0 Å². The third-order valence-corrected chi connectivity index (χ3v) is 3.60. The number of hydrogen-bond donors (Lipinski definition) is 1. The smallest absolute Gasteiger partial charge is 0.132 e. The zero-order valence-corrected chi connectivity index (χ0v) is 12.9. The van der Waals surface area contributed by atoms with Gasteiger partial charge in [0.2, 0.25) is 0 Å². The van der Waals surface area contributed by atoms with Gasteiger partial charge in [0.05, 0.1) is 6.10 Å². The molecule has 1 unspecified atom stereocenters. The summed E-state index contributed by atoms with van der Waals surface area (Å²) < 4.78 is 5.71. The quantitative estimate of drug-likeness (QED) is 0.830. The molecule has 0 bridgehead atoms. The average Bonchev–Trinajstić information content (AvgIpc) is 2.91. The number of rotatable bonds is 7. The van der Waals surface area contributed by atoms with Crippen molar-refractivity contribution in [3.05, 3.63) is 23.9 Å². The lowest BCUT2D eigenvalue weighted by Crippen LogP contribution is -2.30. The van der Waals surface area contributed by atoms with Gasteiger partial charge in [0.15, 0.2) is 0 Å². The second-order valence-electron chi connectivity index (χ2n) is 6.03. The van der Waals surface area contributed by atoms with E-state index >= 15 is 0 Å². The molecule has 1 N–H and O–H groups in total. The highest BCUT2D eigenvalue weighted by Gasteiger charge is 2.19. The van der Waals surface area contributed by atoms with Crippen LogP contribution >= 0.6 is 0 Å². The number of nitrogens with zero attached hydrogens (tertiary/aromatic N) is 2. The lowest BCUT2D eigenvalue weighted by Gasteiger charge is -2.24. The molecule has 0 amide bonds. The van der Waals surface area contributed by atoms with Gasteiger partial charge in [-0.3, -0.25) is 0 Å². The molecule has 0 radical (unpaired) electrons. The molecular formula is C16H27N3O. The van der Waals surface area contributed by atoms with Crippen LogP contribution in [0.25, 0.3) is 0 Å². The van der Waals surface area contributed by atoms with Gasteiger partial charge in [-0.2, -0.15) is 0 Å². The molecule has 1 atom stereocenters. The van der Waals surface area contributed by atoms with Gasteiger partial charge in [0, 0.05) is 38.5 Å². The van der Waals surface area contributed by atoms with E-state index in [1.165, 1.54) is 12.0 Å². The summed E-state index contributed by atoms with van der Waals surface area (Å²) in [6.07, 6.45) is 4.58. The lowest BCUT2D eigenvalue weighted by atomic mass is 10.2. The van der Waals surface area contributed by atoms with E-state index in [1.807, 2.05) is 12.3 Å². The minimum absolute atomic E-state index is 0.360. The number of aromatic nitrogens is 1. The predicted octanol–water partition coefficient (Wildman–Crippen LogP) is 2.44. The average molecular weight is 277 g/mol. The molecule has 4 nitrogen and oxygen atoms in total. The van der Waals surface area contributed by atoms with Crippen LogP contribution in [-0.4, -0.2) is 37.8 Å². The van der Waals surface area contributed by atoms with E-state index in [1.54, 1.807) is 0 Å². The maximum Gasteiger partial charge on any atom is 0.132 e. The summed E-state index contributed by atoms with van der Waals surface area (Å²) in [6, 6.07) is 4.16. The predicted molar refractivity (Wildman–Crippen MR) is 83.0 cm³/mol. The molecule has 2 rings (SSSR count). The van der Waals surface area contributed by atoms with Crippen molar-refractivity contribution in [1.29, 1.82) is 0 Å². The third-order valence-electron chi connectivity index (χ3n) is 3.60. The van der Waals surface area contributed by atoms with E-state index in [4.69, 9.17) is 4.74 Å². The first-order chi connectivity index (χ1) is 9.66. The number of pyridine rings is 1. The second-order valence-corrected chi connectivity index (χ2v) is 6.03. The highest BCUT2D eigenvalue weighted by molar-refractivity contribution is 5.46. The number of anilines is 1. The van der Waals surface area contributed by atoms with Crippen LogP contribution in [-0.2, 0) is 11.3 Å². The summed E-state index contributed by atoms with van der Waals surface area (Å²) in [6.45, 7) is 8.18. The monoisotopic (exact) mass is 277 g/mol. The third kappa shape index (κ3) is 4.46. The molecule has 1 aliphatic heterocycles. The van der Waals surface area contributed by atoms with Gasteiger partial charge in [0.1, 0.15) is 5.82 Å². The van der Waals surface area contributed by atoms with Gasteiger partial charge in [-0.1, -0.05) is 19.9 Å². The Labute approximate surface area is 122 Å². The Bertz CT molecular complexity index is 402. The Morgan fingerprint density at radius 3 is 3.05 bits per heavy atom. The molecule has 1 saturated heterocycles. The first kappa shape index (κ1) is 15.3. The standard InChI is InChI=1S/C16H27N3O/c1-13(2)10-17-11-14-6-4-8-18-16(14)19(3)12-15-7-5-9-20-15/h4,6,8,13,15,17H,5,7,9-12H2,1-3H3. The number of ether oxygens (including phenoxy) is 1. The largest absolute Gasteiger partial charge is 0.376 e. The van der Waals surface area contributed by atoms with Crippen molar-refractivity contribution in [3.8, 4) is 0 Å². The van der Waals surface area contributed by atoms with Crippen molar-refractivity contribution in [2.75, 3.05) is 31.6 Å². The summed E-state index contributed by atoms with van der Waals surface area (Å²) in [5.41, 5.74) is 1.26. The minimum Gasteiger partial charge on any atom is -0.376 e. The normalized spacial score (nSPS) is 18.7. The summed E-state index contributed by atoms with van der Waals surface area (Å²) >= 11 is 0. The van der Waals surface area contributed by atoms with E-state index in [0.29, 0.717) is 12.0 Å². The molecule has 4 heteroatoms. The summed E-state index contributed by atoms with van der Waals surface area (Å²) in [4.78, 5) is 6.77. The van der Waals surface area contributed by atoms with Crippen molar-refractivity contribution in [3.63, 3.8) is 0 Å².